The summed E-state index contributed by atoms with van der Waals surface area (Å²) < 4.78 is 5.73. The molecule has 0 fully saturated rings. The van der Waals surface area contributed by atoms with E-state index in [1.807, 2.05) is 24.3 Å². The Morgan fingerprint density at radius 2 is 1.11 bits per heavy atom. The average Bonchev–Trinajstić information content (AvgIpc) is 3.40. The number of fused-ring (bicyclic) bond motifs is 7. The summed E-state index contributed by atoms with van der Waals surface area (Å²) in [6.07, 6.45) is 0. The highest BCUT2D eigenvalue weighted by atomic mass is 35.5. The van der Waals surface area contributed by atoms with Gasteiger partial charge in [0.2, 0.25) is 0 Å². The monoisotopic (exact) mass is 516 g/mol. The predicted octanol–water partition coefficient (Wildman–Crippen LogP) is 9.29. The van der Waals surface area contributed by atoms with Gasteiger partial charge in [0, 0.05) is 10.0 Å². The molecule has 1 spiro atoms. The molecule has 0 saturated carbocycles. The Hall–Kier alpha value is -3.78. The van der Waals surface area contributed by atoms with Crippen LogP contribution in [0.25, 0.3) is 22.3 Å². The van der Waals surface area contributed by atoms with Crippen molar-refractivity contribution in [2.45, 2.75) is 5.41 Å². The van der Waals surface area contributed by atoms with E-state index in [0.29, 0.717) is 10.0 Å². The standard InChI is InChI=1S/C34H22Cl2O/c1-37-25-16-17-31-28(20-25)32(21-8-6-10-23(35)18-21)33(22-9-7-11-24(36)19-22)34(31)29-14-4-2-12-26(29)27-13-3-5-15-30(27)34/h2-20H,1H3. The molecular formula is C34H22Cl2O. The fraction of sp³-hybridized carbons (Fsp3) is 0.0588. The van der Waals surface area contributed by atoms with Crippen LogP contribution in [0.1, 0.15) is 33.4 Å². The zero-order valence-electron chi connectivity index (χ0n) is 20.1. The summed E-state index contributed by atoms with van der Waals surface area (Å²) in [5.74, 6) is 0.820. The molecule has 5 aromatic rings. The summed E-state index contributed by atoms with van der Waals surface area (Å²) >= 11 is 13.2. The van der Waals surface area contributed by atoms with Gasteiger partial charge in [-0.2, -0.15) is 0 Å². The lowest BCUT2D eigenvalue weighted by Gasteiger charge is -2.33. The van der Waals surface area contributed by atoms with Crippen LogP contribution in [-0.4, -0.2) is 7.11 Å². The average molecular weight is 517 g/mol. The van der Waals surface area contributed by atoms with Gasteiger partial charge in [-0.1, -0.05) is 102 Å². The van der Waals surface area contributed by atoms with Crippen LogP contribution in [0.4, 0.5) is 0 Å². The molecule has 0 amide bonds. The zero-order chi connectivity index (χ0) is 25.1. The fourth-order valence-electron chi connectivity index (χ4n) is 6.38. The molecule has 178 valence electrons. The van der Waals surface area contributed by atoms with Crippen molar-refractivity contribution < 1.29 is 4.74 Å². The largest absolute Gasteiger partial charge is 0.497 e. The van der Waals surface area contributed by atoms with Crippen molar-refractivity contribution in [1.29, 1.82) is 0 Å². The smallest absolute Gasteiger partial charge is 0.119 e. The Bertz CT molecular complexity index is 1700. The van der Waals surface area contributed by atoms with Crippen LogP contribution in [0.5, 0.6) is 5.75 Å². The van der Waals surface area contributed by atoms with E-state index in [9.17, 15) is 0 Å². The third kappa shape index (κ3) is 3.11. The molecule has 0 unspecified atom stereocenters. The highest BCUT2D eigenvalue weighted by molar-refractivity contribution is 6.31. The summed E-state index contributed by atoms with van der Waals surface area (Å²) in [6, 6.07) is 40.3. The van der Waals surface area contributed by atoms with E-state index >= 15 is 0 Å². The third-order valence-electron chi connectivity index (χ3n) is 7.70. The molecule has 0 aromatic heterocycles. The van der Waals surface area contributed by atoms with Gasteiger partial charge < -0.3 is 4.74 Å². The topological polar surface area (TPSA) is 9.23 Å². The van der Waals surface area contributed by atoms with Gasteiger partial charge in [-0.15, -0.1) is 0 Å². The van der Waals surface area contributed by atoms with Crippen molar-refractivity contribution in [2.24, 2.45) is 0 Å². The molecule has 0 heterocycles. The Labute approximate surface area is 226 Å². The summed E-state index contributed by atoms with van der Waals surface area (Å²) in [7, 11) is 1.72. The van der Waals surface area contributed by atoms with Gasteiger partial charge in [0.1, 0.15) is 5.75 Å². The van der Waals surface area contributed by atoms with E-state index < -0.39 is 5.41 Å². The number of methoxy groups -OCH3 is 1. The lowest BCUT2D eigenvalue weighted by molar-refractivity contribution is 0.414. The van der Waals surface area contributed by atoms with Crippen LogP contribution in [0.2, 0.25) is 10.0 Å². The molecular weight excluding hydrogens is 495 g/mol. The highest BCUT2D eigenvalue weighted by Crippen LogP contribution is 2.65. The first-order valence-corrected chi connectivity index (χ1v) is 13.0. The SMILES string of the molecule is COc1ccc2c(c1)C(c1cccc(Cl)c1)=C(c1cccc(Cl)c1)C21c2ccccc2-c2ccccc21. The molecule has 2 aliphatic rings. The number of allylic oxidation sites excluding steroid dienone is 1. The van der Waals surface area contributed by atoms with Crippen LogP contribution >= 0.6 is 23.2 Å². The molecule has 1 nitrogen and oxygen atoms in total. The van der Waals surface area contributed by atoms with Crippen LogP contribution in [0.3, 0.4) is 0 Å². The van der Waals surface area contributed by atoms with Gasteiger partial charge in [-0.25, -0.2) is 0 Å². The number of benzene rings is 5. The molecule has 0 N–H and O–H groups in total. The predicted molar refractivity (Wildman–Crippen MR) is 154 cm³/mol. The lowest BCUT2D eigenvalue weighted by Crippen LogP contribution is -2.26. The van der Waals surface area contributed by atoms with Crippen LogP contribution in [-0.2, 0) is 5.41 Å². The van der Waals surface area contributed by atoms with Crippen molar-refractivity contribution >= 4 is 34.3 Å². The minimum absolute atomic E-state index is 0.517. The summed E-state index contributed by atoms with van der Waals surface area (Å²) in [4.78, 5) is 0. The fourth-order valence-corrected chi connectivity index (χ4v) is 6.76. The van der Waals surface area contributed by atoms with Crippen LogP contribution in [0, 0.1) is 0 Å². The van der Waals surface area contributed by atoms with Crippen molar-refractivity contribution in [3.05, 3.63) is 159 Å². The van der Waals surface area contributed by atoms with Crippen molar-refractivity contribution in [2.75, 3.05) is 7.11 Å². The molecule has 0 bridgehead atoms. The lowest BCUT2D eigenvalue weighted by atomic mass is 9.67. The Morgan fingerprint density at radius 1 is 0.541 bits per heavy atom. The first-order valence-electron chi connectivity index (χ1n) is 12.3. The molecule has 3 heteroatoms. The van der Waals surface area contributed by atoms with Gasteiger partial charge in [-0.05, 0) is 92.1 Å². The van der Waals surface area contributed by atoms with Crippen molar-refractivity contribution in [3.63, 3.8) is 0 Å². The van der Waals surface area contributed by atoms with Crippen LogP contribution < -0.4 is 4.74 Å². The van der Waals surface area contributed by atoms with Crippen LogP contribution in [0.15, 0.2) is 115 Å². The van der Waals surface area contributed by atoms with E-state index in [4.69, 9.17) is 27.9 Å². The van der Waals surface area contributed by atoms with Gasteiger partial charge in [0.15, 0.2) is 0 Å². The molecule has 2 aliphatic carbocycles. The molecule has 0 atom stereocenters. The first kappa shape index (κ1) is 22.4. The van der Waals surface area contributed by atoms with E-state index in [2.05, 4.69) is 91.0 Å². The minimum atomic E-state index is -0.517. The number of ether oxygens (including phenoxy) is 1. The molecule has 0 aliphatic heterocycles. The second-order valence-electron chi connectivity index (χ2n) is 9.52. The number of hydrogen-bond donors (Lipinski definition) is 0. The van der Waals surface area contributed by atoms with Gasteiger partial charge >= 0.3 is 0 Å². The minimum Gasteiger partial charge on any atom is -0.497 e. The molecule has 0 saturated heterocycles. The molecule has 7 rings (SSSR count). The normalized spacial score (nSPS) is 14.5. The van der Waals surface area contributed by atoms with E-state index in [-0.39, 0.29) is 0 Å². The van der Waals surface area contributed by atoms with E-state index in [0.717, 1.165) is 28.0 Å². The highest BCUT2D eigenvalue weighted by Gasteiger charge is 2.53. The maximum atomic E-state index is 6.63. The molecule has 5 aromatic carbocycles. The van der Waals surface area contributed by atoms with Crippen molar-refractivity contribution in [3.8, 4) is 16.9 Å². The summed E-state index contributed by atoms with van der Waals surface area (Å²) in [5, 5.41) is 1.41. The second-order valence-corrected chi connectivity index (χ2v) is 10.4. The summed E-state index contributed by atoms with van der Waals surface area (Å²) in [6.45, 7) is 0. The third-order valence-corrected chi connectivity index (χ3v) is 8.17. The summed E-state index contributed by atoms with van der Waals surface area (Å²) in [5.41, 5.74) is 11.4. The van der Waals surface area contributed by atoms with E-state index in [1.165, 1.54) is 33.4 Å². The van der Waals surface area contributed by atoms with Gasteiger partial charge in [-0.3, -0.25) is 0 Å². The maximum Gasteiger partial charge on any atom is 0.119 e. The number of hydrogen-bond acceptors (Lipinski definition) is 1. The van der Waals surface area contributed by atoms with Gasteiger partial charge in [0.05, 0.1) is 12.5 Å². The first-order chi connectivity index (χ1) is 18.1. The number of halogens is 2. The maximum absolute atomic E-state index is 6.63. The second kappa shape index (κ2) is 8.38. The molecule has 37 heavy (non-hydrogen) atoms. The molecule has 0 radical (unpaired) electrons. The quantitative estimate of drug-likeness (QED) is 0.232. The van der Waals surface area contributed by atoms with E-state index in [1.54, 1.807) is 7.11 Å². The van der Waals surface area contributed by atoms with Crippen molar-refractivity contribution in [1.82, 2.24) is 0 Å². The Kier molecular flexibility index (Phi) is 5.08. The Balaban J connectivity index is 1.73. The zero-order valence-corrected chi connectivity index (χ0v) is 21.6. The Morgan fingerprint density at radius 3 is 1.73 bits per heavy atom. The van der Waals surface area contributed by atoms with Gasteiger partial charge in [0.25, 0.3) is 0 Å². The number of rotatable bonds is 3.